The van der Waals surface area contributed by atoms with Gasteiger partial charge in [-0.25, -0.2) is 4.79 Å². The average molecular weight is 361 g/mol. The van der Waals surface area contributed by atoms with Crippen molar-refractivity contribution >= 4 is 15.4 Å². The summed E-state index contributed by atoms with van der Waals surface area (Å²) in [5.41, 5.74) is 0. The molecule has 0 heterocycles. The van der Waals surface area contributed by atoms with E-state index in [0.717, 1.165) is 25.7 Å². The van der Waals surface area contributed by atoms with E-state index in [2.05, 4.69) is 30.2 Å². The zero-order valence-electron chi connectivity index (χ0n) is 16.4. The Morgan fingerprint density at radius 1 is 0.833 bits per heavy atom. The van der Waals surface area contributed by atoms with Crippen molar-refractivity contribution in [3.05, 3.63) is 0 Å². The molecule has 0 N–H and O–H groups in total. The molecule has 0 spiro atoms. The van der Waals surface area contributed by atoms with Crippen LogP contribution in [0.1, 0.15) is 104 Å². The second kappa shape index (κ2) is 17.7. The highest BCUT2D eigenvalue weighted by molar-refractivity contribution is 7.09. The molecule has 0 aliphatic carbocycles. The van der Waals surface area contributed by atoms with Gasteiger partial charge in [-0.3, -0.25) is 0 Å². The van der Waals surface area contributed by atoms with E-state index in [0.29, 0.717) is 12.5 Å². The van der Waals surface area contributed by atoms with Gasteiger partial charge in [0.05, 0.1) is 6.61 Å². The molecular formula is C20H41O3P. The third kappa shape index (κ3) is 13.2. The molecule has 3 nitrogen and oxygen atoms in total. The Morgan fingerprint density at radius 3 is 1.96 bits per heavy atom. The van der Waals surface area contributed by atoms with Crippen molar-refractivity contribution in [1.29, 1.82) is 0 Å². The minimum atomic E-state index is -0.421. The van der Waals surface area contributed by atoms with Gasteiger partial charge in [0.1, 0.15) is 0 Å². The van der Waals surface area contributed by atoms with E-state index in [4.69, 9.17) is 9.26 Å². The minimum absolute atomic E-state index is 0.201. The van der Waals surface area contributed by atoms with Gasteiger partial charge in [-0.1, -0.05) is 91.4 Å². The summed E-state index contributed by atoms with van der Waals surface area (Å²) in [6.07, 6.45) is 15.4. The lowest BCUT2D eigenvalue weighted by Crippen LogP contribution is -2.26. The summed E-state index contributed by atoms with van der Waals surface area (Å²) in [5.74, 6) is 0.290. The van der Waals surface area contributed by atoms with Gasteiger partial charge in [0.25, 0.3) is 0 Å². The molecule has 24 heavy (non-hydrogen) atoms. The maximum Gasteiger partial charge on any atom is 0.335 e. The van der Waals surface area contributed by atoms with Crippen molar-refractivity contribution in [3.8, 4) is 0 Å². The second-order valence-corrected chi connectivity index (χ2v) is 7.21. The van der Waals surface area contributed by atoms with Gasteiger partial charge in [0.2, 0.25) is 0 Å². The lowest BCUT2D eigenvalue weighted by Gasteiger charge is -2.18. The Morgan fingerprint density at radius 2 is 1.42 bits per heavy atom. The Balaban J connectivity index is 3.76. The number of unbranched alkanes of at least 4 members (excludes halogenated alkanes) is 8. The van der Waals surface area contributed by atoms with E-state index in [1.165, 1.54) is 57.8 Å². The highest BCUT2D eigenvalue weighted by Crippen LogP contribution is 2.17. The molecule has 0 saturated heterocycles. The monoisotopic (exact) mass is 360 g/mol. The molecule has 0 bridgehead atoms. The zero-order valence-corrected chi connectivity index (χ0v) is 17.5. The van der Waals surface area contributed by atoms with E-state index in [-0.39, 0.29) is 5.97 Å². The van der Waals surface area contributed by atoms with Crippen molar-refractivity contribution in [2.75, 3.05) is 6.61 Å². The molecular weight excluding hydrogens is 319 g/mol. The topological polar surface area (TPSA) is 35.5 Å². The smallest absolute Gasteiger partial charge is 0.335 e. The number of carbonyl (C=O) groups excluding carboxylic acids is 1. The summed E-state index contributed by atoms with van der Waals surface area (Å²) < 4.78 is 10.7. The quantitative estimate of drug-likeness (QED) is 0.170. The highest BCUT2D eigenvalue weighted by Gasteiger charge is 2.20. The van der Waals surface area contributed by atoms with Gasteiger partial charge >= 0.3 is 5.97 Å². The Bertz CT molecular complexity index is 284. The fourth-order valence-electron chi connectivity index (χ4n) is 2.90. The molecule has 3 atom stereocenters. The maximum atomic E-state index is 12.0. The van der Waals surface area contributed by atoms with Crippen LogP contribution < -0.4 is 0 Å². The lowest BCUT2D eigenvalue weighted by atomic mass is 9.98. The van der Waals surface area contributed by atoms with Gasteiger partial charge in [-0.05, 0) is 18.8 Å². The summed E-state index contributed by atoms with van der Waals surface area (Å²) >= 11 is 0. The van der Waals surface area contributed by atoms with Crippen molar-refractivity contribution < 1.29 is 14.1 Å². The molecule has 0 aliphatic rings. The first-order chi connectivity index (χ1) is 11.7. The summed E-state index contributed by atoms with van der Waals surface area (Å²) in [4.78, 5) is 12.0. The summed E-state index contributed by atoms with van der Waals surface area (Å²) in [6, 6.07) is 0. The molecule has 0 aromatic carbocycles. The molecule has 144 valence electrons. The first-order valence-corrected chi connectivity index (χ1v) is 10.7. The van der Waals surface area contributed by atoms with Crippen LogP contribution in [-0.4, -0.2) is 18.7 Å². The molecule has 0 amide bonds. The Hall–Kier alpha value is -0.140. The predicted molar refractivity (Wildman–Crippen MR) is 106 cm³/mol. The normalized spacial score (nSPS) is 13.7. The van der Waals surface area contributed by atoms with E-state index in [9.17, 15) is 4.79 Å². The number of hydrogen-bond donors (Lipinski definition) is 0. The van der Waals surface area contributed by atoms with Crippen molar-refractivity contribution in [1.82, 2.24) is 0 Å². The van der Waals surface area contributed by atoms with E-state index in [1.807, 2.05) is 0 Å². The van der Waals surface area contributed by atoms with Gasteiger partial charge in [-0.15, -0.1) is 0 Å². The number of ether oxygens (including phenoxy) is 1. The van der Waals surface area contributed by atoms with Crippen LogP contribution in [0.4, 0.5) is 0 Å². The minimum Gasteiger partial charge on any atom is -0.463 e. The molecule has 0 saturated carbocycles. The fraction of sp³-hybridized carbons (Fsp3) is 0.950. The van der Waals surface area contributed by atoms with E-state index < -0.39 is 6.10 Å². The number of rotatable bonds is 17. The molecule has 0 radical (unpaired) electrons. The molecule has 0 aromatic heterocycles. The summed E-state index contributed by atoms with van der Waals surface area (Å²) in [6.45, 7) is 7.10. The van der Waals surface area contributed by atoms with Crippen molar-refractivity contribution in [2.24, 2.45) is 5.92 Å². The lowest BCUT2D eigenvalue weighted by molar-refractivity contribution is -0.153. The zero-order chi connectivity index (χ0) is 18.0. The van der Waals surface area contributed by atoms with Crippen LogP contribution in [0, 0.1) is 5.92 Å². The Kier molecular flexibility index (Phi) is 17.6. The number of hydrogen-bond acceptors (Lipinski definition) is 3. The first kappa shape index (κ1) is 23.9. The number of carbonyl (C=O) groups is 1. The molecule has 3 unspecified atom stereocenters. The summed E-state index contributed by atoms with van der Waals surface area (Å²) in [5, 5.41) is 0. The first-order valence-electron chi connectivity index (χ1n) is 10.2. The van der Waals surface area contributed by atoms with Gasteiger partial charge in [0, 0.05) is 9.47 Å². The van der Waals surface area contributed by atoms with Gasteiger partial charge < -0.3 is 9.26 Å². The van der Waals surface area contributed by atoms with Crippen LogP contribution in [0.3, 0.4) is 0 Å². The van der Waals surface area contributed by atoms with Crippen LogP contribution >= 0.6 is 9.47 Å². The summed E-state index contributed by atoms with van der Waals surface area (Å²) in [7, 11) is 2.20. The largest absolute Gasteiger partial charge is 0.463 e. The third-order valence-electron chi connectivity index (χ3n) is 4.75. The van der Waals surface area contributed by atoms with E-state index >= 15 is 0 Å². The van der Waals surface area contributed by atoms with Gasteiger partial charge in [0.15, 0.2) is 6.10 Å². The second-order valence-electron chi connectivity index (χ2n) is 6.93. The predicted octanol–water partition coefficient (Wildman–Crippen LogP) is 6.45. The SMILES string of the molecule is CCCCCCCCCCC(CC)COC(=O)C(CCCC)OP. The van der Waals surface area contributed by atoms with Crippen molar-refractivity contribution in [3.63, 3.8) is 0 Å². The van der Waals surface area contributed by atoms with Crippen LogP contribution in [0.25, 0.3) is 0 Å². The van der Waals surface area contributed by atoms with Crippen LogP contribution in [-0.2, 0) is 14.1 Å². The van der Waals surface area contributed by atoms with Crippen LogP contribution in [0.5, 0.6) is 0 Å². The van der Waals surface area contributed by atoms with Crippen LogP contribution in [0.2, 0.25) is 0 Å². The molecule has 0 rings (SSSR count). The number of esters is 1. The van der Waals surface area contributed by atoms with Crippen LogP contribution in [0.15, 0.2) is 0 Å². The molecule has 0 fully saturated rings. The molecule has 4 heteroatoms. The van der Waals surface area contributed by atoms with Gasteiger partial charge in [-0.2, -0.15) is 0 Å². The maximum absolute atomic E-state index is 12.0. The average Bonchev–Trinajstić information content (AvgIpc) is 2.60. The Labute approximate surface area is 152 Å². The standard InChI is InChI=1S/C20H41O3P/c1-4-7-9-10-11-12-13-14-15-18(6-3)17-22-20(21)19(23-24)16-8-5-2/h18-19H,4-17,24H2,1-3H3. The molecule has 0 aliphatic heterocycles. The third-order valence-corrected chi connectivity index (χ3v) is 5.08. The fourth-order valence-corrected chi connectivity index (χ4v) is 3.14. The van der Waals surface area contributed by atoms with Crippen molar-refractivity contribution in [2.45, 2.75) is 110 Å². The van der Waals surface area contributed by atoms with E-state index in [1.54, 1.807) is 0 Å². The molecule has 0 aromatic rings. The highest BCUT2D eigenvalue weighted by atomic mass is 31.0.